The molecule has 0 bridgehead atoms. The zero-order chi connectivity index (χ0) is 29.4. The van der Waals surface area contributed by atoms with Gasteiger partial charge in [0.1, 0.15) is 17.7 Å². The molecule has 2 fully saturated rings. The van der Waals surface area contributed by atoms with Crippen molar-refractivity contribution in [1.29, 1.82) is 0 Å². The number of hydrogen-bond acceptors (Lipinski definition) is 3. The number of hydrogen-bond donors (Lipinski definition) is 1. The van der Waals surface area contributed by atoms with Gasteiger partial charge >= 0.3 is 6.18 Å². The quantitative estimate of drug-likeness (QED) is 0.520. The summed E-state index contributed by atoms with van der Waals surface area (Å²) >= 11 is 0. The number of carbonyl (C=O) groups excluding carboxylic acids is 3. The fraction of sp³-hybridized carbons (Fsp3) is 0.483. The number of nitrogens with zero attached hydrogens (tertiary/aromatic N) is 2. The smallest absolute Gasteiger partial charge is 0.345 e. The first-order valence-corrected chi connectivity index (χ1v) is 13.2. The highest BCUT2D eigenvalue weighted by Gasteiger charge is 2.49. The van der Waals surface area contributed by atoms with Crippen LogP contribution in [0.1, 0.15) is 60.5 Å². The molecular weight excluding hydrogens is 533 g/mol. The molecule has 0 radical (unpaired) electrons. The Balaban J connectivity index is 1.50. The van der Waals surface area contributed by atoms with Crippen LogP contribution in [0.5, 0.6) is 0 Å². The average molecular weight is 566 g/mol. The van der Waals surface area contributed by atoms with Gasteiger partial charge in [0.2, 0.25) is 11.8 Å². The van der Waals surface area contributed by atoms with Gasteiger partial charge in [-0.15, -0.1) is 0 Å². The maximum absolute atomic E-state index is 14.3. The van der Waals surface area contributed by atoms with Crippen molar-refractivity contribution >= 4 is 17.7 Å². The molecule has 11 heteroatoms. The zero-order valence-corrected chi connectivity index (χ0v) is 22.5. The number of rotatable bonds is 5. The van der Waals surface area contributed by atoms with Crippen LogP contribution in [-0.4, -0.2) is 60.2 Å². The largest absolute Gasteiger partial charge is 0.416 e. The first kappa shape index (κ1) is 29.5. The Labute approximate surface area is 229 Å². The summed E-state index contributed by atoms with van der Waals surface area (Å²) in [5, 5.41) is 2.44. The van der Waals surface area contributed by atoms with Crippen LogP contribution in [0.2, 0.25) is 0 Å². The van der Waals surface area contributed by atoms with Crippen molar-refractivity contribution in [2.45, 2.75) is 51.2 Å². The molecular formula is C29H32F5N3O3. The van der Waals surface area contributed by atoms with E-state index in [-0.39, 0.29) is 24.1 Å². The van der Waals surface area contributed by atoms with Crippen LogP contribution in [0.4, 0.5) is 22.0 Å². The highest BCUT2D eigenvalue weighted by Crippen LogP contribution is 2.50. The van der Waals surface area contributed by atoms with Gasteiger partial charge in [0, 0.05) is 39.0 Å². The lowest BCUT2D eigenvalue weighted by molar-refractivity contribution is -0.143. The summed E-state index contributed by atoms with van der Waals surface area (Å²) in [6.45, 7) is 4.41. The minimum absolute atomic E-state index is 0.00595. The molecule has 3 amide bonds. The van der Waals surface area contributed by atoms with Crippen molar-refractivity contribution in [3.63, 3.8) is 0 Å². The van der Waals surface area contributed by atoms with Crippen molar-refractivity contribution in [2.24, 2.45) is 11.3 Å². The van der Waals surface area contributed by atoms with Gasteiger partial charge in [-0.2, -0.15) is 13.2 Å². The second-order valence-corrected chi connectivity index (χ2v) is 11.1. The summed E-state index contributed by atoms with van der Waals surface area (Å²) in [5.74, 6) is -3.52. The first-order valence-electron chi connectivity index (χ1n) is 13.2. The van der Waals surface area contributed by atoms with E-state index in [4.69, 9.17) is 0 Å². The topological polar surface area (TPSA) is 69.7 Å². The van der Waals surface area contributed by atoms with Gasteiger partial charge in [-0.1, -0.05) is 26.0 Å². The summed E-state index contributed by atoms with van der Waals surface area (Å²) in [7, 11) is 1.73. The third kappa shape index (κ3) is 5.97. The highest BCUT2D eigenvalue weighted by molar-refractivity contribution is 5.98. The molecule has 40 heavy (non-hydrogen) atoms. The van der Waals surface area contributed by atoms with E-state index in [1.54, 1.807) is 42.8 Å². The van der Waals surface area contributed by atoms with E-state index in [0.29, 0.717) is 50.7 Å². The molecule has 4 rings (SSSR count). The third-order valence-corrected chi connectivity index (χ3v) is 8.23. The Morgan fingerprint density at radius 3 is 2.23 bits per heavy atom. The Kier molecular flexibility index (Phi) is 8.23. The summed E-state index contributed by atoms with van der Waals surface area (Å²) in [6.07, 6.45) is -3.48. The average Bonchev–Trinajstić information content (AvgIpc) is 2.89. The van der Waals surface area contributed by atoms with Gasteiger partial charge in [0.05, 0.1) is 11.1 Å². The van der Waals surface area contributed by atoms with Gasteiger partial charge in [-0.3, -0.25) is 14.4 Å². The van der Waals surface area contributed by atoms with Crippen molar-refractivity contribution in [1.82, 2.24) is 15.1 Å². The van der Waals surface area contributed by atoms with Crippen molar-refractivity contribution in [3.8, 4) is 0 Å². The number of carbonyl (C=O) groups is 3. The monoisotopic (exact) mass is 565 g/mol. The van der Waals surface area contributed by atoms with E-state index in [2.05, 4.69) is 5.32 Å². The van der Waals surface area contributed by atoms with Gasteiger partial charge in [-0.05, 0) is 60.1 Å². The van der Waals surface area contributed by atoms with E-state index in [1.807, 2.05) is 0 Å². The fourth-order valence-corrected chi connectivity index (χ4v) is 5.79. The number of amides is 3. The maximum atomic E-state index is 14.3. The molecule has 0 saturated carbocycles. The van der Waals surface area contributed by atoms with Crippen LogP contribution in [0.25, 0.3) is 0 Å². The van der Waals surface area contributed by atoms with Crippen LogP contribution >= 0.6 is 0 Å². The predicted octanol–water partition coefficient (Wildman–Crippen LogP) is 4.99. The Morgan fingerprint density at radius 2 is 1.65 bits per heavy atom. The third-order valence-electron chi connectivity index (χ3n) is 8.23. The van der Waals surface area contributed by atoms with E-state index < -0.39 is 52.3 Å². The zero-order valence-electron chi connectivity index (χ0n) is 22.5. The normalized spacial score (nSPS) is 20.1. The molecule has 2 aliphatic heterocycles. The van der Waals surface area contributed by atoms with Crippen LogP contribution in [0, 0.1) is 23.0 Å². The Morgan fingerprint density at radius 1 is 1.02 bits per heavy atom. The lowest BCUT2D eigenvalue weighted by Gasteiger charge is -2.51. The summed E-state index contributed by atoms with van der Waals surface area (Å²) in [6, 6.07) is 6.69. The molecule has 6 nitrogen and oxygen atoms in total. The van der Waals surface area contributed by atoms with E-state index in [0.717, 1.165) is 5.56 Å². The lowest BCUT2D eigenvalue weighted by atomic mass is 9.62. The number of halogens is 5. The van der Waals surface area contributed by atoms with Gasteiger partial charge in [0.25, 0.3) is 5.91 Å². The molecule has 1 spiro atoms. The molecule has 2 aromatic carbocycles. The molecule has 0 aliphatic carbocycles. The second-order valence-electron chi connectivity index (χ2n) is 11.1. The number of piperidine rings is 2. The molecule has 1 N–H and O–H groups in total. The molecule has 2 heterocycles. The molecule has 0 aromatic heterocycles. The molecule has 1 unspecified atom stereocenters. The lowest BCUT2D eigenvalue weighted by Crippen LogP contribution is -2.57. The summed E-state index contributed by atoms with van der Waals surface area (Å²) in [4.78, 5) is 42.3. The van der Waals surface area contributed by atoms with Gasteiger partial charge < -0.3 is 15.1 Å². The van der Waals surface area contributed by atoms with Crippen molar-refractivity contribution in [2.75, 3.05) is 26.7 Å². The second kappa shape index (κ2) is 11.2. The molecule has 2 saturated heterocycles. The number of alkyl halides is 3. The minimum atomic E-state index is -4.76. The summed E-state index contributed by atoms with van der Waals surface area (Å²) < 4.78 is 67.3. The van der Waals surface area contributed by atoms with Gasteiger partial charge in [0.15, 0.2) is 0 Å². The van der Waals surface area contributed by atoms with Crippen LogP contribution in [0.3, 0.4) is 0 Å². The highest BCUT2D eigenvalue weighted by atomic mass is 19.4. The Bertz CT molecular complexity index is 1270. The molecule has 216 valence electrons. The minimum Gasteiger partial charge on any atom is -0.345 e. The standard InChI is InChI=1S/C29H32F5N3O3/c1-17(2)25(35-26(39)21-14-19(29(32,33)34)6-9-23(21)31)27(40)37-12-10-28(11-13-37)15-24(38)36(3)16-22(28)18-4-7-20(30)8-5-18/h4-9,14,17,22,25H,10-13,15-16H2,1-3H3,(H,35,39)/t22?,25-/m0/s1. The van der Waals surface area contributed by atoms with E-state index in [9.17, 15) is 36.3 Å². The predicted molar refractivity (Wildman–Crippen MR) is 137 cm³/mol. The molecule has 2 atom stereocenters. The Hall–Kier alpha value is -3.50. The van der Waals surface area contributed by atoms with Gasteiger partial charge in [-0.25, -0.2) is 8.78 Å². The van der Waals surface area contributed by atoms with Crippen LogP contribution in [-0.2, 0) is 15.8 Å². The van der Waals surface area contributed by atoms with E-state index >= 15 is 0 Å². The first-order chi connectivity index (χ1) is 18.7. The van der Waals surface area contributed by atoms with Crippen molar-refractivity contribution < 1.29 is 36.3 Å². The molecule has 2 aliphatic rings. The van der Waals surface area contributed by atoms with Crippen molar-refractivity contribution in [3.05, 3.63) is 70.8 Å². The number of benzene rings is 2. The van der Waals surface area contributed by atoms with E-state index in [1.165, 1.54) is 12.1 Å². The molecule has 2 aromatic rings. The number of likely N-dealkylation sites (tertiary alicyclic amines) is 2. The maximum Gasteiger partial charge on any atom is 0.416 e. The van der Waals surface area contributed by atoms with Crippen LogP contribution < -0.4 is 5.32 Å². The van der Waals surface area contributed by atoms with Crippen LogP contribution in [0.15, 0.2) is 42.5 Å². The number of nitrogens with one attached hydrogen (secondary N) is 1. The number of likely N-dealkylation sites (N-methyl/N-ethyl adjacent to an activating group) is 1. The fourth-order valence-electron chi connectivity index (χ4n) is 5.79. The summed E-state index contributed by atoms with van der Waals surface area (Å²) in [5.41, 5.74) is -1.49. The SMILES string of the molecule is CC(C)[C@H](NC(=O)c1cc(C(F)(F)F)ccc1F)C(=O)N1CCC2(CC1)CC(=O)N(C)CC2c1ccc(F)cc1.